The summed E-state index contributed by atoms with van der Waals surface area (Å²) in [6.45, 7) is 0.457. The maximum Gasteiger partial charge on any atom is 0.237 e. The molecular formula is C15H22N4O. The van der Waals surface area contributed by atoms with Crippen LogP contribution in [0, 0.1) is 5.92 Å². The summed E-state index contributed by atoms with van der Waals surface area (Å²) in [6, 6.07) is 4.22. The molecule has 1 aliphatic heterocycles. The summed E-state index contributed by atoms with van der Waals surface area (Å²) in [5.41, 5.74) is 0.798. The zero-order chi connectivity index (χ0) is 13.8. The van der Waals surface area contributed by atoms with Gasteiger partial charge in [-0.1, -0.05) is 12.8 Å². The van der Waals surface area contributed by atoms with Crippen molar-refractivity contribution in [1.82, 2.24) is 20.8 Å². The van der Waals surface area contributed by atoms with E-state index in [1.54, 1.807) is 6.20 Å². The van der Waals surface area contributed by atoms with Gasteiger partial charge >= 0.3 is 0 Å². The van der Waals surface area contributed by atoms with Crippen LogP contribution in [0.4, 0.5) is 0 Å². The number of fused-ring (bicyclic) bond motifs is 1. The van der Waals surface area contributed by atoms with Gasteiger partial charge in [-0.25, -0.2) is 0 Å². The molecular weight excluding hydrogens is 252 g/mol. The van der Waals surface area contributed by atoms with Gasteiger partial charge in [-0.15, -0.1) is 0 Å². The second-order valence-corrected chi connectivity index (χ2v) is 5.88. The van der Waals surface area contributed by atoms with Crippen LogP contribution in [0.25, 0.3) is 0 Å². The molecule has 20 heavy (non-hydrogen) atoms. The largest absolute Gasteiger partial charge is 0.349 e. The molecule has 1 aromatic heterocycles. The van der Waals surface area contributed by atoms with E-state index in [0.717, 1.165) is 18.0 Å². The smallest absolute Gasteiger partial charge is 0.237 e. The molecule has 1 amide bonds. The van der Waals surface area contributed by atoms with Crippen LogP contribution >= 0.6 is 0 Å². The van der Waals surface area contributed by atoms with Crippen molar-refractivity contribution in [1.29, 1.82) is 0 Å². The molecule has 3 rings (SSSR count). The van der Waals surface area contributed by atoms with Crippen molar-refractivity contribution in [3.63, 3.8) is 0 Å². The molecule has 1 saturated heterocycles. The first-order valence-electron chi connectivity index (χ1n) is 7.63. The Bertz CT molecular complexity index is 450. The Balaban J connectivity index is 1.50. The normalized spacial score (nSPS) is 29.5. The van der Waals surface area contributed by atoms with Crippen LogP contribution in [0.5, 0.6) is 0 Å². The van der Waals surface area contributed by atoms with Gasteiger partial charge in [0, 0.05) is 12.2 Å². The van der Waals surface area contributed by atoms with Crippen LogP contribution in [-0.2, 0) is 11.3 Å². The van der Waals surface area contributed by atoms with Crippen LogP contribution in [-0.4, -0.2) is 28.2 Å². The van der Waals surface area contributed by atoms with E-state index >= 15 is 0 Å². The first kappa shape index (κ1) is 13.5. The Morgan fingerprint density at radius 2 is 2.20 bits per heavy atom. The van der Waals surface area contributed by atoms with Crippen molar-refractivity contribution >= 4 is 5.91 Å². The molecule has 2 heterocycles. The SMILES string of the molecule is O=C(NCc1cccnn1)C1CCC2CCCCC2N1. The molecule has 1 aliphatic carbocycles. The van der Waals surface area contributed by atoms with Crippen LogP contribution in [0.1, 0.15) is 44.2 Å². The third-order valence-corrected chi connectivity index (χ3v) is 4.54. The Labute approximate surface area is 119 Å². The summed E-state index contributed by atoms with van der Waals surface area (Å²) >= 11 is 0. The van der Waals surface area contributed by atoms with E-state index in [1.165, 1.54) is 32.1 Å². The van der Waals surface area contributed by atoms with Crippen molar-refractivity contribution in [2.75, 3.05) is 0 Å². The highest BCUT2D eigenvalue weighted by Gasteiger charge is 2.34. The highest BCUT2D eigenvalue weighted by molar-refractivity contribution is 5.81. The van der Waals surface area contributed by atoms with E-state index in [2.05, 4.69) is 20.8 Å². The number of hydrogen-bond donors (Lipinski definition) is 2. The van der Waals surface area contributed by atoms with Crippen LogP contribution in [0.2, 0.25) is 0 Å². The van der Waals surface area contributed by atoms with Crippen LogP contribution in [0.15, 0.2) is 18.3 Å². The maximum absolute atomic E-state index is 12.2. The maximum atomic E-state index is 12.2. The zero-order valence-electron chi connectivity index (χ0n) is 11.7. The number of rotatable bonds is 3. The number of carbonyl (C=O) groups excluding carboxylic acids is 1. The molecule has 5 nitrogen and oxygen atoms in total. The molecule has 0 radical (unpaired) electrons. The standard InChI is InChI=1S/C15H22N4O/c20-15(16-10-12-5-3-9-17-19-12)14-8-7-11-4-1-2-6-13(11)18-14/h3,5,9,11,13-14,18H,1-2,4,6-8,10H2,(H,16,20). The zero-order valence-corrected chi connectivity index (χ0v) is 11.7. The number of aromatic nitrogens is 2. The Hall–Kier alpha value is -1.49. The van der Waals surface area contributed by atoms with Gasteiger partial charge in [-0.3, -0.25) is 4.79 Å². The Morgan fingerprint density at radius 1 is 1.30 bits per heavy atom. The van der Waals surface area contributed by atoms with E-state index in [1.807, 2.05) is 12.1 Å². The molecule has 5 heteroatoms. The first-order chi connectivity index (χ1) is 9.83. The van der Waals surface area contributed by atoms with Gasteiger partial charge in [-0.05, 0) is 43.7 Å². The summed E-state index contributed by atoms with van der Waals surface area (Å²) in [7, 11) is 0. The molecule has 0 spiro atoms. The van der Waals surface area contributed by atoms with Crippen LogP contribution < -0.4 is 10.6 Å². The predicted octanol–water partition coefficient (Wildman–Crippen LogP) is 1.40. The molecule has 2 fully saturated rings. The van der Waals surface area contributed by atoms with Crippen molar-refractivity contribution in [3.8, 4) is 0 Å². The number of nitrogens with zero attached hydrogens (tertiary/aromatic N) is 2. The monoisotopic (exact) mass is 274 g/mol. The molecule has 2 N–H and O–H groups in total. The van der Waals surface area contributed by atoms with Gasteiger partial charge in [0.25, 0.3) is 0 Å². The fourth-order valence-corrected chi connectivity index (χ4v) is 3.43. The summed E-state index contributed by atoms with van der Waals surface area (Å²) < 4.78 is 0. The van der Waals surface area contributed by atoms with E-state index < -0.39 is 0 Å². The Kier molecular flexibility index (Phi) is 4.25. The lowest BCUT2D eigenvalue weighted by Gasteiger charge is -2.39. The fraction of sp³-hybridized carbons (Fsp3) is 0.667. The summed E-state index contributed by atoms with van der Waals surface area (Å²) in [4.78, 5) is 12.2. The van der Waals surface area contributed by atoms with E-state index in [4.69, 9.17) is 0 Å². The summed E-state index contributed by atoms with van der Waals surface area (Å²) in [5, 5.41) is 14.3. The third kappa shape index (κ3) is 3.15. The first-order valence-corrected chi connectivity index (χ1v) is 7.63. The topological polar surface area (TPSA) is 66.9 Å². The van der Waals surface area contributed by atoms with Gasteiger partial charge in [-0.2, -0.15) is 10.2 Å². The lowest BCUT2D eigenvalue weighted by molar-refractivity contribution is -0.124. The average molecular weight is 274 g/mol. The number of hydrogen-bond acceptors (Lipinski definition) is 4. The predicted molar refractivity (Wildman–Crippen MR) is 75.8 cm³/mol. The number of carbonyl (C=O) groups is 1. The minimum absolute atomic E-state index is 0.0361. The van der Waals surface area contributed by atoms with Gasteiger partial charge in [0.05, 0.1) is 18.3 Å². The summed E-state index contributed by atoms with van der Waals surface area (Å²) in [6.07, 6.45) is 8.96. The number of nitrogens with one attached hydrogen (secondary N) is 2. The minimum atomic E-state index is -0.0361. The molecule has 0 bridgehead atoms. The van der Waals surface area contributed by atoms with Crippen molar-refractivity contribution in [2.24, 2.45) is 5.92 Å². The van der Waals surface area contributed by atoms with E-state index in [-0.39, 0.29) is 11.9 Å². The van der Waals surface area contributed by atoms with E-state index in [0.29, 0.717) is 12.6 Å². The minimum Gasteiger partial charge on any atom is -0.349 e. The second kappa shape index (κ2) is 6.31. The quantitative estimate of drug-likeness (QED) is 0.874. The fourth-order valence-electron chi connectivity index (χ4n) is 3.43. The molecule has 1 aromatic rings. The van der Waals surface area contributed by atoms with Crippen LogP contribution in [0.3, 0.4) is 0 Å². The molecule has 108 valence electrons. The molecule has 0 aromatic carbocycles. The summed E-state index contributed by atoms with van der Waals surface area (Å²) in [5.74, 6) is 0.882. The van der Waals surface area contributed by atoms with E-state index in [9.17, 15) is 4.79 Å². The van der Waals surface area contributed by atoms with Gasteiger partial charge < -0.3 is 10.6 Å². The van der Waals surface area contributed by atoms with Crippen molar-refractivity contribution < 1.29 is 4.79 Å². The van der Waals surface area contributed by atoms with Gasteiger partial charge in [0.2, 0.25) is 5.91 Å². The van der Waals surface area contributed by atoms with Gasteiger partial charge in [0.15, 0.2) is 0 Å². The highest BCUT2D eigenvalue weighted by Crippen LogP contribution is 2.32. The average Bonchev–Trinajstić information content (AvgIpc) is 2.53. The number of piperidine rings is 1. The molecule has 3 unspecified atom stereocenters. The van der Waals surface area contributed by atoms with Gasteiger partial charge in [0.1, 0.15) is 0 Å². The number of amides is 1. The van der Waals surface area contributed by atoms with Crippen molar-refractivity contribution in [3.05, 3.63) is 24.0 Å². The van der Waals surface area contributed by atoms with Crippen molar-refractivity contribution in [2.45, 2.75) is 57.2 Å². The molecule has 2 aliphatic rings. The molecule has 1 saturated carbocycles. The lowest BCUT2D eigenvalue weighted by Crippen LogP contribution is -2.54. The second-order valence-electron chi connectivity index (χ2n) is 5.88. The lowest BCUT2D eigenvalue weighted by atomic mass is 9.77. The molecule has 3 atom stereocenters. The highest BCUT2D eigenvalue weighted by atomic mass is 16.2. The Morgan fingerprint density at radius 3 is 3.05 bits per heavy atom. The third-order valence-electron chi connectivity index (χ3n) is 4.54.